The Balaban J connectivity index is 1.80. The van der Waals surface area contributed by atoms with Gasteiger partial charge in [0.15, 0.2) is 0 Å². The van der Waals surface area contributed by atoms with E-state index >= 15 is 0 Å². The van der Waals surface area contributed by atoms with E-state index in [0.717, 1.165) is 12.2 Å². The second-order valence-electron chi connectivity index (χ2n) is 4.54. The monoisotopic (exact) mass is 264 g/mol. The maximum atomic E-state index is 11.8. The number of aliphatic hydroxyl groups is 1. The van der Waals surface area contributed by atoms with Gasteiger partial charge in [0.1, 0.15) is 11.9 Å². The van der Waals surface area contributed by atoms with Crippen molar-refractivity contribution in [2.24, 2.45) is 0 Å². The fourth-order valence-electron chi connectivity index (χ4n) is 2.20. The molecule has 0 saturated carbocycles. The van der Waals surface area contributed by atoms with Gasteiger partial charge in [0.2, 0.25) is 0 Å². The highest BCUT2D eigenvalue weighted by molar-refractivity contribution is 5.74. The number of carbonyl (C=O) groups excluding carboxylic acids is 1. The Hall–Kier alpha value is -1.75. The third kappa shape index (κ3) is 3.38. The van der Waals surface area contributed by atoms with Crippen LogP contribution in [0, 0.1) is 0 Å². The second kappa shape index (κ2) is 6.43. The molecule has 1 aromatic rings. The van der Waals surface area contributed by atoms with Gasteiger partial charge >= 0.3 is 6.03 Å². The summed E-state index contributed by atoms with van der Waals surface area (Å²) < 4.78 is 5.75. The zero-order chi connectivity index (χ0) is 13.7. The van der Waals surface area contributed by atoms with Crippen molar-refractivity contribution in [3.05, 3.63) is 29.8 Å². The lowest BCUT2D eigenvalue weighted by Crippen LogP contribution is -2.44. The SMILES string of the molecule is CCN(CCO)C(=O)NCC1Cc2ccccc2O1. The zero-order valence-corrected chi connectivity index (χ0v) is 11.1. The molecule has 0 saturated heterocycles. The summed E-state index contributed by atoms with van der Waals surface area (Å²) in [4.78, 5) is 13.4. The van der Waals surface area contributed by atoms with Gasteiger partial charge in [-0.15, -0.1) is 0 Å². The van der Waals surface area contributed by atoms with Crippen LogP contribution in [0.1, 0.15) is 12.5 Å². The molecule has 2 rings (SSSR count). The summed E-state index contributed by atoms with van der Waals surface area (Å²) in [5.41, 5.74) is 1.18. The van der Waals surface area contributed by atoms with Gasteiger partial charge in [-0.3, -0.25) is 0 Å². The first-order valence-electron chi connectivity index (χ1n) is 6.62. The lowest BCUT2D eigenvalue weighted by molar-refractivity contribution is 0.172. The van der Waals surface area contributed by atoms with E-state index in [9.17, 15) is 4.79 Å². The number of hydrogen-bond donors (Lipinski definition) is 2. The van der Waals surface area contributed by atoms with E-state index in [-0.39, 0.29) is 18.7 Å². The number of para-hydroxylation sites is 1. The first-order valence-corrected chi connectivity index (χ1v) is 6.62. The van der Waals surface area contributed by atoms with Crippen molar-refractivity contribution >= 4 is 6.03 Å². The maximum absolute atomic E-state index is 11.8. The van der Waals surface area contributed by atoms with Crippen LogP contribution in [-0.2, 0) is 6.42 Å². The highest BCUT2D eigenvalue weighted by atomic mass is 16.5. The number of ether oxygens (including phenoxy) is 1. The molecular weight excluding hydrogens is 244 g/mol. The highest BCUT2D eigenvalue weighted by Gasteiger charge is 2.23. The van der Waals surface area contributed by atoms with Crippen LogP contribution in [0.4, 0.5) is 4.79 Å². The summed E-state index contributed by atoms with van der Waals surface area (Å²) in [6.45, 7) is 3.28. The van der Waals surface area contributed by atoms with E-state index in [1.807, 2.05) is 31.2 Å². The number of aliphatic hydroxyl groups excluding tert-OH is 1. The predicted molar refractivity (Wildman–Crippen MR) is 72.3 cm³/mol. The van der Waals surface area contributed by atoms with Crippen molar-refractivity contribution < 1.29 is 14.6 Å². The number of likely N-dealkylation sites (N-methyl/N-ethyl adjacent to an activating group) is 1. The summed E-state index contributed by atoms with van der Waals surface area (Å²) in [6.07, 6.45) is 0.817. The minimum absolute atomic E-state index is 0.00539. The smallest absolute Gasteiger partial charge is 0.317 e. The number of amides is 2. The van der Waals surface area contributed by atoms with Gasteiger partial charge in [0.05, 0.1) is 13.2 Å². The first-order chi connectivity index (χ1) is 9.24. The molecule has 0 spiro atoms. The first kappa shape index (κ1) is 13.7. The Morgan fingerprint density at radius 1 is 1.53 bits per heavy atom. The fourth-order valence-corrected chi connectivity index (χ4v) is 2.20. The molecule has 0 bridgehead atoms. The minimum Gasteiger partial charge on any atom is -0.488 e. The minimum atomic E-state index is -0.156. The van der Waals surface area contributed by atoms with Crippen LogP contribution in [0.5, 0.6) is 5.75 Å². The summed E-state index contributed by atoms with van der Waals surface area (Å²) in [7, 11) is 0. The Bertz CT molecular complexity index is 411. The molecule has 0 aliphatic carbocycles. The van der Waals surface area contributed by atoms with Gasteiger partial charge < -0.3 is 20.1 Å². The number of carbonyl (C=O) groups is 1. The van der Waals surface area contributed by atoms with Crippen LogP contribution in [0.2, 0.25) is 0 Å². The number of hydrogen-bond acceptors (Lipinski definition) is 3. The molecule has 1 unspecified atom stereocenters. The van der Waals surface area contributed by atoms with Crippen LogP contribution in [0.3, 0.4) is 0 Å². The number of fused-ring (bicyclic) bond motifs is 1. The average molecular weight is 264 g/mol. The van der Waals surface area contributed by atoms with Crippen LogP contribution < -0.4 is 10.1 Å². The van der Waals surface area contributed by atoms with Gasteiger partial charge in [0, 0.05) is 19.5 Å². The quantitative estimate of drug-likeness (QED) is 0.834. The average Bonchev–Trinajstić information content (AvgIpc) is 2.85. The number of nitrogens with one attached hydrogen (secondary N) is 1. The molecule has 1 aromatic carbocycles. The molecule has 0 fully saturated rings. The molecule has 19 heavy (non-hydrogen) atoms. The van der Waals surface area contributed by atoms with E-state index in [4.69, 9.17) is 9.84 Å². The summed E-state index contributed by atoms with van der Waals surface area (Å²) in [6, 6.07) is 7.77. The highest BCUT2D eigenvalue weighted by Crippen LogP contribution is 2.27. The Labute approximate surface area is 113 Å². The topological polar surface area (TPSA) is 61.8 Å². The molecule has 1 atom stereocenters. The number of rotatable bonds is 5. The Kier molecular flexibility index (Phi) is 4.63. The van der Waals surface area contributed by atoms with Crippen LogP contribution >= 0.6 is 0 Å². The van der Waals surface area contributed by atoms with Crippen molar-refractivity contribution in [2.75, 3.05) is 26.2 Å². The molecular formula is C14H20N2O3. The zero-order valence-electron chi connectivity index (χ0n) is 11.1. The van der Waals surface area contributed by atoms with Crippen LogP contribution in [-0.4, -0.2) is 48.4 Å². The summed E-state index contributed by atoms with van der Waals surface area (Å²) in [5.74, 6) is 0.907. The van der Waals surface area contributed by atoms with Gasteiger partial charge in [-0.2, -0.15) is 0 Å². The number of benzene rings is 1. The predicted octanol–water partition coefficient (Wildman–Crippen LogP) is 1.01. The molecule has 2 amide bonds. The van der Waals surface area contributed by atoms with Crippen molar-refractivity contribution in [2.45, 2.75) is 19.4 Å². The number of urea groups is 1. The summed E-state index contributed by atoms with van der Waals surface area (Å²) >= 11 is 0. The Morgan fingerprint density at radius 3 is 3.00 bits per heavy atom. The molecule has 0 aromatic heterocycles. The molecule has 5 nitrogen and oxygen atoms in total. The van der Waals surface area contributed by atoms with E-state index in [2.05, 4.69) is 5.32 Å². The molecule has 0 radical (unpaired) electrons. The molecule has 104 valence electrons. The molecule has 1 heterocycles. The van der Waals surface area contributed by atoms with Crippen molar-refractivity contribution in [1.82, 2.24) is 10.2 Å². The van der Waals surface area contributed by atoms with E-state index in [1.165, 1.54) is 5.56 Å². The Morgan fingerprint density at radius 2 is 2.32 bits per heavy atom. The van der Waals surface area contributed by atoms with Crippen molar-refractivity contribution in [3.8, 4) is 5.75 Å². The molecule has 5 heteroatoms. The fraction of sp³-hybridized carbons (Fsp3) is 0.500. The third-order valence-electron chi connectivity index (χ3n) is 3.23. The van der Waals surface area contributed by atoms with Gasteiger partial charge in [-0.1, -0.05) is 18.2 Å². The van der Waals surface area contributed by atoms with E-state index in [0.29, 0.717) is 19.6 Å². The lowest BCUT2D eigenvalue weighted by Gasteiger charge is -2.21. The van der Waals surface area contributed by atoms with Crippen molar-refractivity contribution in [3.63, 3.8) is 0 Å². The summed E-state index contributed by atoms with van der Waals surface area (Å²) in [5, 5.41) is 11.7. The van der Waals surface area contributed by atoms with Gasteiger partial charge in [-0.05, 0) is 18.6 Å². The van der Waals surface area contributed by atoms with Crippen LogP contribution in [0.25, 0.3) is 0 Å². The van der Waals surface area contributed by atoms with E-state index < -0.39 is 0 Å². The molecule has 2 N–H and O–H groups in total. The normalized spacial score (nSPS) is 16.6. The van der Waals surface area contributed by atoms with Crippen LogP contribution in [0.15, 0.2) is 24.3 Å². The van der Waals surface area contributed by atoms with E-state index in [1.54, 1.807) is 4.90 Å². The third-order valence-corrected chi connectivity index (χ3v) is 3.23. The van der Waals surface area contributed by atoms with Gasteiger partial charge in [-0.25, -0.2) is 4.79 Å². The standard InChI is InChI=1S/C14H20N2O3/c1-2-16(7-8-17)14(18)15-10-12-9-11-5-3-4-6-13(11)19-12/h3-6,12,17H,2,7-10H2,1H3,(H,15,18). The second-order valence-corrected chi connectivity index (χ2v) is 4.54. The molecule has 1 aliphatic heterocycles. The lowest BCUT2D eigenvalue weighted by atomic mass is 10.1. The largest absolute Gasteiger partial charge is 0.488 e. The van der Waals surface area contributed by atoms with Gasteiger partial charge in [0.25, 0.3) is 0 Å². The van der Waals surface area contributed by atoms with Crippen molar-refractivity contribution in [1.29, 1.82) is 0 Å². The number of nitrogens with zero attached hydrogens (tertiary/aromatic N) is 1. The maximum Gasteiger partial charge on any atom is 0.317 e. The molecule has 1 aliphatic rings.